The summed E-state index contributed by atoms with van der Waals surface area (Å²) in [6, 6.07) is 12.5. The van der Waals surface area contributed by atoms with Gasteiger partial charge in [-0.25, -0.2) is 0 Å². The van der Waals surface area contributed by atoms with Gasteiger partial charge in [-0.3, -0.25) is 4.79 Å². The van der Waals surface area contributed by atoms with E-state index in [2.05, 4.69) is 31.0 Å². The fourth-order valence-electron chi connectivity index (χ4n) is 2.00. The number of aromatic nitrogens is 4. The van der Waals surface area contributed by atoms with Crippen molar-refractivity contribution in [2.45, 2.75) is 13.3 Å². The van der Waals surface area contributed by atoms with E-state index in [0.717, 1.165) is 0 Å². The largest absolute Gasteiger partial charge is 0.368 e. The molecule has 0 unspecified atom stereocenters. The third kappa shape index (κ3) is 4.13. The number of para-hydroxylation sites is 1. The molecule has 0 radical (unpaired) electrons. The molecular formula is C16H16N6O2. The van der Waals surface area contributed by atoms with E-state index in [1.807, 2.05) is 18.2 Å². The van der Waals surface area contributed by atoms with Gasteiger partial charge in [0.15, 0.2) is 11.5 Å². The molecule has 1 amide bonds. The van der Waals surface area contributed by atoms with Gasteiger partial charge < -0.3 is 15.2 Å². The Labute approximate surface area is 138 Å². The highest BCUT2D eigenvalue weighted by Crippen LogP contribution is 2.08. The van der Waals surface area contributed by atoms with Crippen molar-refractivity contribution < 1.29 is 9.32 Å². The van der Waals surface area contributed by atoms with E-state index in [0.29, 0.717) is 36.2 Å². The lowest BCUT2D eigenvalue weighted by Crippen LogP contribution is -2.15. The van der Waals surface area contributed by atoms with Crippen molar-refractivity contribution in [2.75, 3.05) is 17.2 Å². The van der Waals surface area contributed by atoms with Crippen molar-refractivity contribution in [3.8, 4) is 0 Å². The second-order valence-corrected chi connectivity index (χ2v) is 5.04. The maximum Gasteiger partial charge on any atom is 0.276 e. The number of hydrogen-bond donors (Lipinski definition) is 2. The normalized spacial score (nSPS) is 10.4. The maximum absolute atomic E-state index is 12.1. The van der Waals surface area contributed by atoms with Gasteiger partial charge in [0.05, 0.1) is 0 Å². The van der Waals surface area contributed by atoms with Crippen LogP contribution in [-0.2, 0) is 6.42 Å². The van der Waals surface area contributed by atoms with Crippen molar-refractivity contribution in [3.63, 3.8) is 0 Å². The Balaban J connectivity index is 1.52. The third-order valence-corrected chi connectivity index (χ3v) is 3.14. The summed E-state index contributed by atoms with van der Waals surface area (Å²) in [5.74, 6) is 1.44. The average molecular weight is 324 g/mol. The number of anilines is 2. The highest BCUT2D eigenvalue weighted by Gasteiger charge is 2.08. The molecule has 0 bridgehead atoms. The van der Waals surface area contributed by atoms with Gasteiger partial charge in [-0.05, 0) is 31.2 Å². The first-order valence-corrected chi connectivity index (χ1v) is 7.44. The van der Waals surface area contributed by atoms with Gasteiger partial charge in [0.2, 0.25) is 5.89 Å². The summed E-state index contributed by atoms with van der Waals surface area (Å²) in [6.07, 6.45) is 0.582. The van der Waals surface area contributed by atoms with Gasteiger partial charge in [-0.15, -0.1) is 10.2 Å². The number of benzene rings is 1. The summed E-state index contributed by atoms with van der Waals surface area (Å²) in [5.41, 5.74) is 0.957. The number of nitrogens with one attached hydrogen (secondary N) is 2. The third-order valence-electron chi connectivity index (χ3n) is 3.14. The lowest BCUT2D eigenvalue weighted by molar-refractivity contribution is 0.102. The van der Waals surface area contributed by atoms with Gasteiger partial charge in [-0.2, -0.15) is 4.98 Å². The fraction of sp³-hybridized carbons (Fsp3) is 0.188. The lowest BCUT2D eigenvalue weighted by atomic mass is 10.3. The lowest BCUT2D eigenvalue weighted by Gasteiger charge is -2.05. The summed E-state index contributed by atoms with van der Waals surface area (Å²) >= 11 is 0. The van der Waals surface area contributed by atoms with Crippen LogP contribution in [0.25, 0.3) is 0 Å². The molecule has 3 aromatic rings. The number of rotatable bonds is 6. The average Bonchev–Trinajstić information content (AvgIpc) is 3.02. The summed E-state index contributed by atoms with van der Waals surface area (Å²) in [5, 5.41) is 17.5. The Kier molecular flexibility index (Phi) is 4.76. The quantitative estimate of drug-likeness (QED) is 0.715. The topological polar surface area (TPSA) is 106 Å². The van der Waals surface area contributed by atoms with E-state index in [9.17, 15) is 4.79 Å². The minimum Gasteiger partial charge on any atom is -0.368 e. The van der Waals surface area contributed by atoms with Gasteiger partial charge in [0.1, 0.15) is 5.82 Å². The molecule has 1 aromatic carbocycles. The van der Waals surface area contributed by atoms with Crippen molar-refractivity contribution in [3.05, 3.63) is 59.9 Å². The molecule has 24 heavy (non-hydrogen) atoms. The van der Waals surface area contributed by atoms with Crippen molar-refractivity contribution in [2.24, 2.45) is 0 Å². The maximum atomic E-state index is 12.1. The Bertz CT molecular complexity index is 801. The summed E-state index contributed by atoms with van der Waals surface area (Å²) in [4.78, 5) is 16.2. The first-order chi connectivity index (χ1) is 11.7. The molecular weight excluding hydrogens is 308 g/mol. The smallest absolute Gasteiger partial charge is 0.276 e. The fourth-order valence-corrected chi connectivity index (χ4v) is 2.00. The molecule has 0 atom stereocenters. The van der Waals surface area contributed by atoms with Crippen LogP contribution in [0.5, 0.6) is 0 Å². The molecule has 0 spiro atoms. The van der Waals surface area contributed by atoms with Crippen LogP contribution < -0.4 is 10.6 Å². The summed E-state index contributed by atoms with van der Waals surface area (Å²) in [6.45, 7) is 2.34. The second kappa shape index (κ2) is 7.32. The van der Waals surface area contributed by atoms with Crippen LogP contribution in [0.3, 0.4) is 0 Å². The molecule has 2 aromatic heterocycles. The van der Waals surface area contributed by atoms with Crippen LogP contribution in [0.2, 0.25) is 0 Å². The number of amides is 1. The molecule has 0 aliphatic rings. The Hall–Kier alpha value is -3.29. The Morgan fingerprint density at radius 2 is 1.96 bits per heavy atom. The van der Waals surface area contributed by atoms with Gasteiger partial charge >= 0.3 is 0 Å². The summed E-state index contributed by atoms with van der Waals surface area (Å²) < 4.78 is 5.02. The summed E-state index contributed by atoms with van der Waals surface area (Å²) in [7, 11) is 0. The molecule has 0 aliphatic carbocycles. The molecule has 0 saturated carbocycles. The Morgan fingerprint density at radius 1 is 1.12 bits per heavy atom. The minimum atomic E-state index is -0.304. The highest BCUT2D eigenvalue weighted by molar-refractivity contribution is 6.02. The van der Waals surface area contributed by atoms with E-state index in [1.54, 1.807) is 31.2 Å². The van der Waals surface area contributed by atoms with Gasteiger partial charge in [-0.1, -0.05) is 23.4 Å². The van der Waals surface area contributed by atoms with Crippen molar-refractivity contribution in [1.82, 2.24) is 20.3 Å². The van der Waals surface area contributed by atoms with Crippen LogP contribution >= 0.6 is 0 Å². The molecule has 2 N–H and O–H groups in total. The molecule has 0 fully saturated rings. The minimum absolute atomic E-state index is 0.247. The number of carbonyl (C=O) groups is 1. The Morgan fingerprint density at radius 3 is 2.62 bits per heavy atom. The molecule has 8 nitrogen and oxygen atoms in total. The zero-order valence-corrected chi connectivity index (χ0v) is 13.1. The van der Waals surface area contributed by atoms with Crippen LogP contribution in [0.4, 0.5) is 11.5 Å². The number of nitrogens with zero attached hydrogens (tertiary/aromatic N) is 4. The molecule has 0 saturated heterocycles. The monoisotopic (exact) mass is 324 g/mol. The molecule has 122 valence electrons. The second-order valence-electron chi connectivity index (χ2n) is 5.04. The van der Waals surface area contributed by atoms with Crippen molar-refractivity contribution in [1.29, 1.82) is 0 Å². The van der Waals surface area contributed by atoms with Crippen molar-refractivity contribution >= 4 is 17.4 Å². The van der Waals surface area contributed by atoms with E-state index >= 15 is 0 Å². The number of hydrogen-bond acceptors (Lipinski definition) is 7. The zero-order valence-electron chi connectivity index (χ0n) is 13.1. The SMILES string of the molecule is Cc1noc(CCNc2ccc(C(=O)Nc3ccccc3)nn2)n1. The predicted octanol–water partition coefficient (Wildman–Crippen LogP) is 2.07. The molecule has 0 aliphatic heterocycles. The highest BCUT2D eigenvalue weighted by atomic mass is 16.5. The van der Waals surface area contributed by atoms with E-state index in [4.69, 9.17) is 4.52 Å². The standard InChI is InChI=1S/C16H16N6O2/c1-11-18-15(24-22-11)9-10-17-14-8-7-13(20-21-14)16(23)19-12-5-3-2-4-6-12/h2-8H,9-10H2,1H3,(H,17,21)(H,19,23). The van der Waals surface area contributed by atoms with Crippen LogP contribution in [-0.4, -0.2) is 32.8 Å². The zero-order chi connectivity index (χ0) is 16.8. The van der Waals surface area contributed by atoms with E-state index in [-0.39, 0.29) is 11.6 Å². The van der Waals surface area contributed by atoms with Gasteiger partial charge in [0.25, 0.3) is 5.91 Å². The van der Waals surface area contributed by atoms with Crippen LogP contribution in [0, 0.1) is 6.92 Å². The first kappa shape index (κ1) is 15.6. The van der Waals surface area contributed by atoms with Crippen LogP contribution in [0.1, 0.15) is 22.2 Å². The molecule has 2 heterocycles. The first-order valence-electron chi connectivity index (χ1n) is 7.44. The molecule has 8 heteroatoms. The molecule has 3 rings (SSSR count). The number of aryl methyl sites for hydroxylation is 1. The number of carbonyl (C=O) groups excluding carboxylic acids is 1. The van der Waals surface area contributed by atoms with E-state index in [1.165, 1.54) is 0 Å². The van der Waals surface area contributed by atoms with E-state index < -0.39 is 0 Å². The van der Waals surface area contributed by atoms with Crippen LogP contribution in [0.15, 0.2) is 47.0 Å². The predicted molar refractivity (Wildman–Crippen MR) is 87.7 cm³/mol. The van der Waals surface area contributed by atoms with Gasteiger partial charge in [0, 0.05) is 18.7 Å².